The molecule has 5 heteroatoms. The maximum atomic E-state index is 11.8. The summed E-state index contributed by atoms with van der Waals surface area (Å²) in [5.41, 5.74) is 2.32. The third kappa shape index (κ3) is 3.35. The maximum Gasteiger partial charge on any atom is 0.248 e. The van der Waals surface area contributed by atoms with Gasteiger partial charge in [0.05, 0.1) is 16.8 Å². The van der Waals surface area contributed by atoms with Crippen molar-refractivity contribution in [2.75, 3.05) is 13.7 Å². The van der Waals surface area contributed by atoms with Gasteiger partial charge in [-0.3, -0.25) is 4.79 Å². The molecule has 0 fully saturated rings. The molecule has 1 aromatic carbocycles. The number of carbonyl (C=O) groups is 1. The van der Waals surface area contributed by atoms with E-state index < -0.39 is 0 Å². The third-order valence-electron chi connectivity index (χ3n) is 3.04. The summed E-state index contributed by atoms with van der Waals surface area (Å²) in [5, 5.41) is 0. The molecule has 0 saturated heterocycles. The molecular weight excluding hydrogens is 272 g/mol. The topological polar surface area (TPSA) is 43.6 Å². The number of amides is 1. The summed E-state index contributed by atoms with van der Waals surface area (Å²) >= 11 is 1.56. The lowest BCUT2D eigenvalue weighted by atomic mass is 10.2. The molecule has 20 heavy (non-hydrogen) atoms. The minimum Gasteiger partial charge on any atom is -0.383 e. The molecule has 0 N–H and O–H groups in total. The maximum absolute atomic E-state index is 11.8. The molecule has 0 atom stereocenters. The van der Waals surface area contributed by atoms with E-state index in [2.05, 4.69) is 34.7 Å². The standard InChI is InChI=1S/C15H20N2O2S/c1-4-5-14(18)16-15-17(8-9-19-3)12-7-6-11(2)10-13(12)20-15/h6-7,10H,4-5,8-9H2,1-3H3. The van der Waals surface area contributed by atoms with Gasteiger partial charge in [-0.2, -0.15) is 4.99 Å². The average molecular weight is 292 g/mol. The number of aromatic nitrogens is 1. The molecule has 0 spiro atoms. The first-order valence-electron chi connectivity index (χ1n) is 6.82. The molecule has 4 nitrogen and oxygen atoms in total. The zero-order chi connectivity index (χ0) is 14.5. The highest BCUT2D eigenvalue weighted by Crippen LogP contribution is 2.19. The number of nitrogens with zero attached hydrogens (tertiary/aromatic N) is 2. The van der Waals surface area contributed by atoms with E-state index in [1.54, 1.807) is 18.4 Å². The van der Waals surface area contributed by atoms with E-state index in [1.165, 1.54) is 5.56 Å². The number of fused-ring (bicyclic) bond motifs is 1. The van der Waals surface area contributed by atoms with E-state index >= 15 is 0 Å². The number of benzene rings is 1. The minimum atomic E-state index is -0.0538. The summed E-state index contributed by atoms with van der Waals surface area (Å²) in [5.74, 6) is -0.0538. The smallest absolute Gasteiger partial charge is 0.248 e. The molecule has 0 unspecified atom stereocenters. The lowest BCUT2D eigenvalue weighted by molar-refractivity contribution is -0.118. The molecule has 0 bridgehead atoms. The van der Waals surface area contributed by atoms with E-state index in [9.17, 15) is 4.79 Å². The Balaban J connectivity index is 2.53. The second-order valence-corrected chi connectivity index (χ2v) is 5.76. The van der Waals surface area contributed by atoms with Crippen LogP contribution in [0, 0.1) is 6.92 Å². The van der Waals surface area contributed by atoms with E-state index in [4.69, 9.17) is 4.74 Å². The Labute approximate surface area is 122 Å². The lowest BCUT2D eigenvalue weighted by Gasteiger charge is -2.04. The molecule has 0 radical (unpaired) electrons. The van der Waals surface area contributed by atoms with Crippen LogP contribution in [0.25, 0.3) is 10.2 Å². The Kier molecular flexibility index (Phi) is 5.09. The van der Waals surface area contributed by atoms with Crippen molar-refractivity contribution in [3.05, 3.63) is 28.6 Å². The Hall–Kier alpha value is -1.46. The molecule has 1 amide bonds. The first-order valence-corrected chi connectivity index (χ1v) is 7.64. The summed E-state index contributed by atoms with van der Waals surface area (Å²) in [6.45, 7) is 5.37. The van der Waals surface area contributed by atoms with Crippen LogP contribution in [0.2, 0.25) is 0 Å². The Bertz CT molecular complexity index is 670. The van der Waals surface area contributed by atoms with Gasteiger partial charge in [0.15, 0.2) is 4.80 Å². The van der Waals surface area contributed by atoms with Crippen LogP contribution in [0.1, 0.15) is 25.3 Å². The minimum absolute atomic E-state index is 0.0538. The van der Waals surface area contributed by atoms with Crippen molar-refractivity contribution in [3.63, 3.8) is 0 Å². The summed E-state index contributed by atoms with van der Waals surface area (Å²) in [4.78, 5) is 16.8. The molecular formula is C15H20N2O2S. The second kappa shape index (κ2) is 6.81. The molecule has 1 heterocycles. The monoisotopic (exact) mass is 292 g/mol. The summed E-state index contributed by atoms with van der Waals surface area (Å²) < 4.78 is 8.38. The highest BCUT2D eigenvalue weighted by molar-refractivity contribution is 7.16. The zero-order valence-electron chi connectivity index (χ0n) is 12.2. The SMILES string of the molecule is CCCC(=O)N=c1sc2cc(C)ccc2n1CCOC. The fraction of sp³-hybridized carbons (Fsp3) is 0.467. The quantitative estimate of drug-likeness (QED) is 0.850. The van der Waals surface area contributed by atoms with Gasteiger partial charge in [-0.25, -0.2) is 0 Å². The number of rotatable bonds is 5. The largest absolute Gasteiger partial charge is 0.383 e. The van der Waals surface area contributed by atoms with E-state index in [-0.39, 0.29) is 5.91 Å². The third-order valence-corrected chi connectivity index (χ3v) is 4.08. The zero-order valence-corrected chi connectivity index (χ0v) is 13.0. The predicted octanol–water partition coefficient (Wildman–Crippen LogP) is 2.89. The first-order chi connectivity index (χ1) is 9.65. The van der Waals surface area contributed by atoms with Crippen LogP contribution >= 0.6 is 11.3 Å². The fourth-order valence-corrected chi connectivity index (χ4v) is 3.21. The fourth-order valence-electron chi connectivity index (χ4n) is 2.04. The van der Waals surface area contributed by atoms with Crippen LogP contribution in [0.3, 0.4) is 0 Å². The summed E-state index contributed by atoms with van der Waals surface area (Å²) in [6.07, 6.45) is 1.32. The van der Waals surface area contributed by atoms with Gasteiger partial charge in [-0.05, 0) is 31.0 Å². The van der Waals surface area contributed by atoms with Crippen molar-refractivity contribution in [1.82, 2.24) is 4.57 Å². The van der Waals surface area contributed by atoms with Gasteiger partial charge >= 0.3 is 0 Å². The number of thiazole rings is 1. The number of ether oxygens (including phenoxy) is 1. The van der Waals surface area contributed by atoms with Gasteiger partial charge in [-0.15, -0.1) is 0 Å². The Morgan fingerprint density at radius 3 is 2.95 bits per heavy atom. The number of carbonyl (C=O) groups excluding carboxylic acids is 1. The molecule has 0 aliphatic carbocycles. The van der Waals surface area contributed by atoms with E-state index in [0.717, 1.165) is 21.4 Å². The molecule has 2 rings (SSSR count). The van der Waals surface area contributed by atoms with Crippen molar-refractivity contribution < 1.29 is 9.53 Å². The Morgan fingerprint density at radius 2 is 2.25 bits per heavy atom. The Morgan fingerprint density at radius 1 is 1.45 bits per heavy atom. The molecule has 2 aromatic rings. The summed E-state index contributed by atoms with van der Waals surface area (Å²) in [7, 11) is 1.68. The van der Waals surface area contributed by atoms with Crippen LogP contribution in [0.4, 0.5) is 0 Å². The lowest BCUT2D eigenvalue weighted by Crippen LogP contribution is -2.19. The molecule has 1 aromatic heterocycles. The van der Waals surface area contributed by atoms with E-state index in [1.807, 2.05) is 6.92 Å². The molecule has 0 aliphatic heterocycles. The van der Waals surface area contributed by atoms with Crippen LogP contribution < -0.4 is 4.80 Å². The number of methoxy groups -OCH3 is 1. The molecule has 108 valence electrons. The molecule has 0 aliphatic rings. The predicted molar refractivity (Wildman–Crippen MR) is 81.9 cm³/mol. The van der Waals surface area contributed by atoms with Gasteiger partial charge in [0.2, 0.25) is 5.91 Å². The van der Waals surface area contributed by atoms with Crippen LogP contribution in [-0.4, -0.2) is 24.2 Å². The van der Waals surface area contributed by atoms with Gasteiger partial charge < -0.3 is 9.30 Å². The summed E-state index contributed by atoms with van der Waals surface area (Å²) in [6, 6.07) is 6.29. The van der Waals surface area contributed by atoms with Gasteiger partial charge in [0, 0.05) is 20.1 Å². The van der Waals surface area contributed by atoms with Crippen molar-refractivity contribution in [2.24, 2.45) is 4.99 Å². The number of hydrogen-bond donors (Lipinski definition) is 0. The highest BCUT2D eigenvalue weighted by atomic mass is 32.1. The van der Waals surface area contributed by atoms with Gasteiger partial charge in [0.1, 0.15) is 0 Å². The van der Waals surface area contributed by atoms with Crippen molar-refractivity contribution >= 4 is 27.5 Å². The second-order valence-electron chi connectivity index (χ2n) is 4.76. The normalized spacial score (nSPS) is 12.2. The van der Waals surface area contributed by atoms with Crippen molar-refractivity contribution in [3.8, 4) is 0 Å². The van der Waals surface area contributed by atoms with Gasteiger partial charge in [-0.1, -0.05) is 24.3 Å². The van der Waals surface area contributed by atoms with E-state index in [0.29, 0.717) is 19.6 Å². The van der Waals surface area contributed by atoms with Gasteiger partial charge in [0.25, 0.3) is 0 Å². The molecule has 0 saturated carbocycles. The number of aryl methyl sites for hydroxylation is 1. The first kappa shape index (κ1) is 14.9. The van der Waals surface area contributed by atoms with Crippen molar-refractivity contribution in [2.45, 2.75) is 33.2 Å². The van der Waals surface area contributed by atoms with Crippen LogP contribution in [-0.2, 0) is 16.1 Å². The van der Waals surface area contributed by atoms with Crippen LogP contribution in [0.15, 0.2) is 23.2 Å². The van der Waals surface area contributed by atoms with Crippen LogP contribution in [0.5, 0.6) is 0 Å². The highest BCUT2D eigenvalue weighted by Gasteiger charge is 2.07. The number of hydrogen-bond acceptors (Lipinski definition) is 3. The van der Waals surface area contributed by atoms with Crippen molar-refractivity contribution in [1.29, 1.82) is 0 Å². The average Bonchev–Trinajstić information content (AvgIpc) is 2.73.